The lowest BCUT2D eigenvalue weighted by molar-refractivity contribution is -0.137. The Labute approximate surface area is 47.0 Å². The molecule has 0 rings (SSSR count). The van der Waals surface area contributed by atoms with Gasteiger partial charge in [0.2, 0.25) is 0 Å². The van der Waals surface area contributed by atoms with Crippen LogP contribution in [0.4, 0.5) is 4.39 Å². The monoisotopic (exact) mass is 118 g/mol. The van der Waals surface area contributed by atoms with E-state index in [-0.39, 0.29) is 12.9 Å². The average Bonchev–Trinajstić information content (AvgIpc) is 1.68. The third kappa shape index (κ3) is 3.33. The van der Waals surface area contributed by atoms with E-state index in [0.29, 0.717) is 0 Å². The van der Waals surface area contributed by atoms with Gasteiger partial charge in [-0.25, -0.2) is 9.18 Å². The molecular weight excluding hydrogens is 111 g/mol. The number of carbonyl (C=O) groups is 1. The molecule has 0 aliphatic heterocycles. The van der Waals surface area contributed by atoms with E-state index in [0.717, 1.165) is 6.08 Å². The summed E-state index contributed by atoms with van der Waals surface area (Å²) in [7, 11) is 0. The van der Waals surface area contributed by atoms with Crippen molar-refractivity contribution in [3.63, 3.8) is 0 Å². The Bertz CT molecular complexity index is 98.6. The van der Waals surface area contributed by atoms with Gasteiger partial charge in [-0.3, -0.25) is 0 Å². The number of halogens is 1. The highest BCUT2D eigenvalue weighted by atomic mass is 19.1. The van der Waals surface area contributed by atoms with Crippen LogP contribution in [0.1, 0.15) is 6.92 Å². The van der Waals surface area contributed by atoms with Gasteiger partial charge in [0.15, 0.2) is 0 Å². The molecule has 0 saturated carbocycles. The van der Waals surface area contributed by atoms with Crippen molar-refractivity contribution in [1.82, 2.24) is 0 Å². The lowest BCUT2D eigenvalue weighted by Gasteiger charge is -1.91. The molecule has 0 unspecified atom stereocenters. The molecule has 0 fully saturated rings. The number of esters is 1. The standard InChI is InChI=1S/C5H7FO2/c1-2-8-5(7)3-4-6/h3-4H,2H2,1H3/b4-3-. The van der Waals surface area contributed by atoms with Gasteiger partial charge in [0.1, 0.15) is 0 Å². The molecule has 0 aromatic carbocycles. The quantitative estimate of drug-likeness (QED) is 0.400. The van der Waals surface area contributed by atoms with Crippen molar-refractivity contribution >= 4 is 5.97 Å². The van der Waals surface area contributed by atoms with Crippen LogP contribution < -0.4 is 0 Å². The number of hydrogen-bond acceptors (Lipinski definition) is 2. The first-order chi connectivity index (χ1) is 3.81. The maximum Gasteiger partial charge on any atom is 0.333 e. The van der Waals surface area contributed by atoms with Crippen LogP contribution in [0, 0.1) is 0 Å². The molecule has 3 heteroatoms. The second-order valence-corrected chi connectivity index (χ2v) is 1.04. The van der Waals surface area contributed by atoms with Gasteiger partial charge >= 0.3 is 5.97 Å². The molecule has 46 valence electrons. The van der Waals surface area contributed by atoms with Gasteiger partial charge in [-0.2, -0.15) is 0 Å². The van der Waals surface area contributed by atoms with Gasteiger partial charge in [0.25, 0.3) is 0 Å². The molecule has 0 aromatic heterocycles. The fourth-order valence-electron chi connectivity index (χ4n) is 0.242. The molecule has 0 radical (unpaired) electrons. The molecule has 0 amide bonds. The Morgan fingerprint density at radius 3 is 2.88 bits per heavy atom. The highest BCUT2D eigenvalue weighted by Gasteiger charge is 1.89. The summed E-state index contributed by atoms with van der Waals surface area (Å²) >= 11 is 0. The zero-order chi connectivity index (χ0) is 6.41. The maximum atomic E-state index is 11.1. The van der Waals surface area contributed by atoms with E-state index in [1.165, 1.54) is 0 Å². The van der Waals surface area contributed by atoms with Crippen LogP contribution in [0.15, 0.2) is 12.4 Å². The van der Waals surface area contributed by atoms with Gasteiger partial charge < -0.3 is 4.74 Å². The first-order valence-electron chi connectivity index (χ1n) is 2.24. The minimum Gasteiger partial charge on any atom is -0.463 e. The second kappa shape index (κ2) is 4.30. The fourth-order valence-corrected chi connectivity index (χ4v) is 0.242. The summed E-state index contributed by atoms with van der Waals surface area (Å²) < 4.78 is 15.4. The molecule has 0 N–H and O–H groups in total. The van der Waals surface area contributed by atoms with Crippen molar-refractivity contribution in [3.05, 3.63) is 12.4 Å². The smallest absolute Gasteiger partial charge is 0.333 e. The number of hydrogen-bond donors (Lipinski definition) is 0. The normalized spacial score (nSPS) is 9.75. The Balaban J connectivity index is 3.33. The molecule has 0 aliphatic rings. The highest BCUT2D eigenvalue weighted by Crippen LogP contribution is 1.79. The van der Waals surface area contributed by atoms with E-state index >= 15 is 0 Å². The molecule has 2 nitrogen and oxygen atoms in total. The SMILES string of the molecule is CCOC(=O)/C=C\F. The second-order valence-electron chi connectivity index (χ2n) is 1.04. The highest BCUT2D eigenvalue weighted by molar-refractivity contribution is 5.81. The van der Waals surface area contributed by atoms with Gasteiger partial charge in [0.05, 0.1) is 19.0 Å². The van der Waals surface area contributed by atoms with E-state index in [1.54, 1.807) is 6.92 Å². The lowest BCUT2D eigenvalue weighted by atomic mass is 10.6. The van der Waals surface area contributed by atoms with Crippen molar-refractivity contribution in [3.8, 4) is 0 Å². The van der Waals surface area contributed by atoms with E-state index in [1.807, 2.05) is 0 Å². The zero-order valence-electron chi connectivity index (χ0n) is 4.56. The molecule has 0 bridgehead atoms. The summed E-state index contributed by atoms with van der Waals surface area (Å²) in [6.07, 6.45) is 0.876. The first-order valence-corrected chi connectivity index (χ1v) is 2.24. The van der Waals surface area contributed by atoms with Crippen molar-refractivity contribution in [1.29, 1.82) is 0 Å². The summed E-state index contributed by atoms with van der Waals surface area (Å²) in [5.74, 6) is -0.644. The Morgan fingerprint density at radius 2 is 2.50 bits per heavy atom. The van der Waals surface area contributed by atoms with E-state index in [2.05, 4.69) is 4.74 Å². The van der Waals surface area contributed by atoms with Crippen LogP contribution in [0.2, 0.25) is 0 Å². The third-order valence-corrected chi connectivity index (χ3v) is 0.486. The number of rotatable bonds is 2. The van der Waals surface area contributed by atoms with Gasteiger partial charge in [-0.05, 0) is 6.92 Å². The van der Waals surface area contributed by atoms with E-state index in [9.17, 15) is 9.18 Å². The number of ether oxygens (including phenoxy) is 1. The van der Waals surface area contributed by atoms with Crippen molar-refractivity contribution < 1.29 is 13.9 Å². The topological polar surface area (TPSA) is 26.3 Å². The minimum absolute atomic E-state index is 0.151. The summed E-state index contributed by atoms with van der Waals surface area (Å²) in [4.78, 5) is 10.1. The van der Waals surface area contributed by atoms with Crippen molar-refractivity contribution in [2.45, 2.75) is 6.92 Å². The predicted octanol–water partition coefficient (Wildman–Crippen LogP) is 1.03. The van der Waals surface area contributed by atoms with E-state index in [4.69, 9.17) is 0 Å². The Kier molecular flexibility index (Phi) is 3.84. The molecule has 0 aromatic rings. The minimum atomic E-state index is -0.644. The summed E-state index contributed by atoms with van der Waals surface area (Å²) in [6.45, 7) is 1.94. The van der Waals surface area contributed by atoms with Gasteiger partial charge in [0, 0.05) is 0 Å². The fraction of sp³-hybridized carbons (Fsp3) is 0.400. The third-order valence-electron chi connectivity index (χ3n) is 0.486. The molecule has 8 heavy (non-hydrogen) atoms. The van der Waals surface area contributed by atoms with Gasteiger partial charge in [-0.15, -0.1) is 0 Å². The van der Waals surface area contributed by atoms with E-state index < -0.39 is 5.97 Å². The molecule has 0 aliphatic carbocycles. The first kappa shape index (κ1) is 7.14. The van der Waals surface area contributed by atoms with Gasteiger partial charge in [-0.1, -0.05) is 0 Å². The van der Waals surface area contributed by atoms with Crippen molar-refractivity contribution in [2.24, 2.45) is 0 Å². The van der Waals surface area contributed by atoms with Crippen LogP contribution in [0.3, 0.4) is 0 Å². The molecule has 0 atom stereocenters. The molecule has 0 heterocycles. The zero-order valence-corrected chi connectivity index (χ0v) is 4.56. The van der Waals surface area contributed by atoms with Crippen LogP contribution in [-0.4, -0.2) is 12.6 Å². The van der Waals surface area contributed by atoms with Crippen LogP contribution in [-0.2, 0) is 9.53 Å². The summed E-state index contributed by atoms with van der Waals surface area (Å²) in [5, 5.41) is 0. The Hall–Kier alpha value is -0.860. The number of carbonyl (C=O) groups excluding carboxylic acids is 1. The summed E-state index contributed by atoms with van der Waals surface area (Å²) in [5.41, 5.74) is 0. The van der Waals surface area contributed by atoms with Crippen LogP contribution in [0.25, 0.3) is 0 Å². The average molecular weight is 118 g/mol. The summed E-state index contributed by atoms with van der Waals surface area (Å²) in [6, 6.07) is 0. The molecular formula is C5H7FO2. The lowest BCUT2D eigenvalue weighted by Crippen LogP contribution is -1.97. The predicted molar refractivity (Wildman–Crippen MR) is 26.9 cm³/mol. The van der Waals surface area contributed by atoms with Crippen molar-refractivity contribution in [2.75, 3.05) is 6.61 Å². The maximum absolute atomic E-state index is 11.1. The Morgan fingerprint density at radius 1 is 1.88 bits per heavy atom. The molecule has 0 spiro atoms. The van der Waals surface area contributed by atoms with Crippen LogP contribution >= 0.6 is 0 Å². The van der Waals surface area contributed by atoms with Crippen LogP contribution in [0.5, 0.6) is 0 Å². The largest absolute Gasteiger partial charge is 0.463 e. The molecule has 0 saturated heterocycles.